The minimum absolute atomic E-state index is 0.110. The maximum atomic E-state index is 12.6. The van der Waals surface area contributed by atoms with Crippen LogP contribution in [0.1, 0.15) is 23.0 Å². The summed E-state index contributed by atoms with van der Waals surface area (Å²) in [5.74, 6) is -1.68. The van der Waals surface area contributed by atoms with Crippen molar-refractivity contribution >= 4 is 28.3 Å². The van der Waals surface area contributed by atoms with Crippen LogP contribution in [0.2, 0.25) is 0 Å². The third-order valence-electron chi connectivity index (χ3n) is 4.02. The molecule has 0 aliphatic carbocycles. The molecule has 1 atom stereocenters. The van der Waals surface area contributed by atoms with Crippen LogP contribution in [0, 0.1) is 0 Å². The quantitative estimate of drug-likeness (QED) is 0.650. The molecule has 1 aromatic heterocycles. The number of nitrogens with zero attached hydrogens (tertiary/aromatic N) is 1. The number of nitrogens with one attached hydrogen (secondary N) is 2. The van der Waals surface area contributed by atoms with Crippen molar-refractivity contribution in [2.45, 2.75) is 19.2 Å². The molecule has 1 heterocycles. The van der Waals surface area contributed by atoms with Crippen LogP contribution in [0.3, 0.4) is 0 Å². The molecule has 150 valence electrons. The Labute approximate surface area is 161 Å². The van der Waals surface area contributed by atoms with E-state index in [2.05, 4.69) is 15.5 Å². The van der Waals surface area contributed by atoms with Gasteiger partial charge in [-0.1, -0.05) is 18.2 Å². The second kappa shape index (κ2) is 7.74. The number of aromatic amines is 1. The molecule has 10 heteroatoms. The number of rotatable bonds is 4. The van der Waals surface area contributed by atoms with Gasteiger partial charge in [-0.2, -0.15) is 18.3 Å². The number of alkyl halides is 3. The van der Waals surface area contributed by atoms with Gasteiger partial charge in [0.25, 0.3) is 11.5 Å². The highest BCUT2D eigenvalue weighted by Gasteiger charge is 2.30. The molecule has 2 aromatic carbocycles. The van der Waals surface area contributed by atoms with Crippen molar-refractivity contribution in [2.75, 3.05) is 5.32 Å². The Balaban J connectivity index is 1.71. The Morgan fingerprint density at radius 2 is 1.69 bits per heavy atom. The van der Waals surface area contributed by atoms with Gasteiger partial charge < -0.3 is 10.1 Å². The number of H-pyrrole nitrogens is 1. The Bertz CT molecular complexity index is 1120. The number of esters is 1. The first kappa shape index (κ1) is 20.1. The number of carbonyl (C=O) groups excluding carboxylic acids is 2. The van der Waals surface area contributed by atoms with Gasteiger partial charge >= 0.3 is 12.1 Å². The Hall–Kier alpha value is -3.69. The maximum absolute atomic E-state index is 12.6. The zero-order valence-corrected chi connectivity index (χ0v) is 14.9. The number of anilines is 1. The number of aromatic nitrogens is 2. The highest BCUT2D eigenvalue weighted by atomic mass is 19.4. The van der Waals surface area contributed by atoms with E-state index in [9.17, 15) is 27.6 Å². The van der Waals surface area contributed by atoms with Crippen molar-refractivity contribution in [1.29, 1.82) is 0 Å². The van der Waals surface area contributed by atoms with E-state index in [-0.39, 0.29) is 22.2 Å². The van der Waals surface area contributed by atoms with Crippen LogP contribution in [0.4, 0.5) is 18.9 Å². The van der Waals surface area contributed by atoms with Crippen molar-refractivity contribution in [2.24, 2.45) is 0 Å². The zero-order valence-electron chi connectivity index (χ0n) is 14.9. The van der Waals surface area contributed by atoms with Crippen LogP contribution in [-0.4, -0.2) is 28.2 Å². The van der Waals surface area contributed by atoms with Crippen LogP contribution in [0.5, 0.6) is 0 Å². The second-order valence-electron chi connectivity index (χ2n) is 6.06. The lowest BCUT2D eigenvalue weighted by molar-refractivity contribution is -0.137. The lowest BCUT2D eigenvalue weighted by Gasteiger charge is -2.14. The first-order valence-electron chi connectivity index (χ1n) is 8.33. The van der Waals surface area contributed by atoms with Gasteiger partial charge in [-0.25, -0.2) is 9.89 Å². The molecule has 0 aliphatic heterocycles. The molecule has 3 rings (SSSR count). The van der Waals surface area contributed by atoms with E-state index in [0.717, 1.165) is 24.3 Å². The minimum atomic E-state index is -4.49. The number of ether oxygens (including phenoxy) is 1. The van der Waals surface area contributed by atoms with Gasteiger partial charge in [0, 0.05) is 11.1 Å². The van der Waals surface area contributed by atoms with Crippen molar-refractivity contribution in [3.05, 3.63) is 70.1 Å². The predicted molar refractivity (Wildman–Crippen MR) is 97.3 cm³/mol. The number of hydrogen-bond acceptors (Lipinski definition) is 5. The summed E-state index contributed by atoms with van der Waals surface area (Å²) in [4.78, 5) is 36.3. The Morgan fingerprint density at radius 3 is 2.31 bits per heavy atom. The Morgan fingerprint density at radius 1 is 1.07 bits per heavy atom. The Kier molecular flexibility index (Phi) is 5.35. The molecular weight excluding hydrogens is 391 g/mol. The molecule has 0 saturated carbocycles. The number of amides is 1. The van der Waals surface area contributed by atoms with Gasteiger partial charge in [0.2, 0.25) is 0 Å². The summed E-state index contributed by atoms with van der Waals surface area (Å²) < 4.78 is 42.8. The van der Waals surface area contributed by atoms with E-state index >= 15 is 0 Å². The van der Waals surface area contributed by atoms with E-state index in [1.54, 1.807) is 12.1 Å². The third-order valence-corrected chi connectivity index (χ3v) is 4.02. The molecule has 2 N–H and O–H groups in total. The molecule has 0 unspecified atom stereocenters. The fourth-order valence-corrected chi connectivity index (χ4v) is 2.53. The van der Waals surface area contributed by atoms with Gasteiger partial charge in [-0.05, 0) is 37.3 Å². The first-order valence-corrected chi connectivity index (χ1v) is 8.33. The summed E-state index contributed by atoms with van der Waals surface area (Å²) >= 11 is 0. The molecule has 0 saturated heterocycles. The van der Waals surface area contributed by atoms with Crippen molar-refractivity contribution < 1.29 is 27.5 Å². The summed E-state index contributed by atoms with van der Waals surface area (Å²) in [6, 6.07) is 10.1. The zero-order chi connectivity index (χ0) is 21.2. The summed E-state index contributed by atoms with van der Waals surface area (Å²) in [6.45, 7) is 1.30. The molecule has 0 bridgehead atoms. The van der Waals surface area contributed by atoms with Crippen molar-refractivity contribution in [3.63, 3.8) is 0 Å². The molecule has 3 aromatic rings. The van der Waals surface area contributed by atoms with Crippen LogP contribution in [0.25, 0.3) is 10.8 Å². The highest BCUT2D eigenvalue weighted by Crippen LogP contribution is 2.29. The lowest BCUT2D eigenvalue weighted by Crippen LogP contribution is -2.30. The summed E-state index contributed by atoms with van der Waals surface area (Å²) in [5.41, 5.74) is -1.40. The summed E-state index contributed by atoms with van der Waals surface area (Å²) in [7, 11) is 0. The second-order valence-corrected chi connectivity index (χ2v) is 6.06. The third kappa shape index (κ3) is 4.42. The van der Waals surface area contributed by atoms with Crippen LogP contribution >= 0.6 is 0 Å². The van der Waals surface area contributed by atoms with Crippen LogP contribution < -0.4 is 10.9 Å². The van der Waals surface area contributed by atoms with Gasteiger partial charge in [0.05, 0.1) is 10.9 Å². The number of benzene rings is 2. The molecular formula is C19H14F3N3O4. The van der Waals surface area contributed by atoms with E-state index in [4.69, 9.17) is 4.74 Å². The number of hydrogen-bond donors (Lipinski definition) is 2. The molecule has 0 fully saturated rings. The first-order chi connectivity index (χ1) is 13.7. The summed E-state index contributed by atoms with van der Waals surface area (Å²) in [5, 5.41) is 8.72. The normalized spacial score (nSPS) is 12.4. The lowest BCUT2D eigenvalue weighted by atomic mass is 10.1. The van der Waals surface area contributed by atoms with Crippen molar-refractivity contribution in [3.8, 4) is 0 Å². The molecule has 0 aliphatic rings. The highest BCUT2D eigenvalue weighted by molar-refractivity contribution is 6.03. The average molecular weight is 405 g/mol. The predicted octanol–water partition coefficient (Wildman–Crippen LogP) is 3.13. The molecule has 1 amide bonds. The molecule has 29 heavy (non-hydrogen) atoms. The smallest absolute Gasteiger partial charge is 0.416 e. The monoisotopic (exact) mass is 405 g/mol. The molecule has 7 nitrogen and oxygen atoms in total. The van der Waals surface area contributed by atoms with Crippen LogP contribution in [0.15, 0.2) is 53.3 Å². The van der Waals surface area contributed by atoms with E-state index in [0.29, 0.717) is 0 Å². The fraction of sp³-hybridized carbons (Fsp3) is 0.158. The minimum Gasteiger partial charge on any atom is -0.448 e. The van der Waals surface area contributed by atoms with Crippen molar-refractivity contribution in [1.82, 2.24) is 10.2 Å². The SMILES string of the molecule is C[C@@H](OC(=O)c1n[nH]c(=O)c2ccccc12)C(=O)Nc1ccc(C(F)(F)F)cc1. The molecule has 0 radical (unpaired) electrons. The number of halogens is 3. The maximum Gasteiger partial charge on any atom is 0.416 e. The largest absolute Gasteiger partial charge is 0.448 e. The topological polar surface area (TPSA) is 101 Å². The average Bonchev–Trinajstić information content (AvgIpc) is 2.68. The van der Waals surface area contributed by atoms with Gasteiger partial charge in [-0.15, -0.1) is 0 Å². The standard InChI is InChI=1S/C19H14F3N3O4/c1-10(16(26)23-12-8-6-11(7-9-12)19(20,21)22)29-18(28)15-13-4-2-3-5-14(13)17(27)25-24-15/h2-10H,1H3,(H,23,26)(H,25,27)/t10-/m1/s1. The van der Waals surface area contributed by atoms with Crippen LogP contribution in [-0.2, 0) is 15.7 Å². The van der Waals surface area contributed by atoms with E-state index in [1.165, 1.54) is 19.1 Å². The van der Waals surface area contributed by atoms with Gasteiger partial charge in [-0.3, -0.25) is 9.59 Å². The van der Waals surface area contributed by atoms with E-state index < -0.39 is 35.3 Å². The molecule has 0 spiro atoms. The van der Waals surface area contributed by atoms with Gasteiger partial charge in [0.15, 0.2) is 11.8 Å². The number of carbonyl (C=O) groups is 2. The van der Waals surface area contributed by atoms with Gasteiger partial charge in [0.1, 0.15) is 0 Å². The van der Waals surface area contributed by atoms with E-state index in [1.807, 2.05) is 0 Å². The fourth-order valence-electron chi connectivity index (χ4n) is 2.53. The summed E-state index contributed by atoms with van der Waals surface area (Å²) in [6.07, 6.45) is -5.75. The number of fused-ring (bicyclic) bond motifs is 1.